The molecule has 20 heavy (non-hydrogen) atoms. The fourth-order valence-electron chi connectivity index (χ4n) is 1.56. The molecule has 8 nitrogen and oxygen atoms in total. The molecule has 2 rings (SSSR count). The molecule has 0 aliphatic heterocycles. The van der Waals surface area contributed by atoms with Gasteiger partial charge in [0.1, 0.15) is 0 Å². The summed E-state index contributed by atoms with van der Waals surface area (Å²) in [7, 11) is 1.72. The van der Waals surface area contributed by atoms with Gasteiger partial charge in [0, 0.05) is 26.1 Å². The van der Waals surface area contributed by atoms with E-state index in [9.17, 15) is 4.79 Å². The van der Waals surface area contributed by atoms with Crippen molar-refractivity contribution in [1.82, 2.24) is 20.3 Å². The summed E-state index contributed by atoms with van der Waals surface area (Å²) in [6, 6.07) is 0.650. The molecule has 1 saturated carbocycles. The van der Waals surface area contributed by atoms with Crippen molar-refractivity contribution >= 4 is 17.8 Å². The number of carbonyl (C=O) groups excluding carboxylic acids is 1. The Morgan fingerprint density at radius 1 is 1.30 bits per heavy atom. The van der Waals surface area contributed by atoms with Gasteiger partial charge in [0.25, 0.3) is 0 Å². The van der Waals surface area contributed by atoms with Crippen molar-refractivity contribution in [2.45, 2.75) is 32.2 Å². The predicted octanol–water partition coefficient (Wildman–Crippen LogP) is 0.393. The predicted molar refractivity (Wildman–Crippen MR) is 74.8 cm³/mol. The highest BCUT2D eigenvalue weighted by Crippen LogP contribution is 2.18. The minimum absolute atomic E-state index is 0.0490. The second-order valence-corrected chi connectivity index (χ2v) is 4.47. The number of ether oxygens (including phenoxy) is 1. The summed E-state index contributed by atoms with van der Waals surface area (Å²) < 4.78 is 5.26. The van der Waals surface area contributed by atoms with Gasteiger partial charge >= 0.3 is 6.01 Å². The first kappa shape index (κ1) is 14.3. The lowest BCUT2D eigenvalue weighted by Crippen LogP contribution is -2.27. The molecule has 110 valence electrons. The highest BCUT2D eigenvalue weighted by molar-refractivity contribution is 5.77. The lowest BCUT2D eigenvalue weighted by atomic mass is 10.4. The van der Waals surface area contributed by atoms with Crippen molar-refractivity contribution in [3.05, 3.63) is 0 Å². The smallest absolute Gasteiger partial charge is 0.323 e. The number of anilines is 2. The number of hydrogen-bond acceptors (Lipinski definition) is 7. The zero-order valence-corrected chi connectivity index (χ0v) is 11.8. The van der Waals surface area contributed by atoms with Crippen LogP contribution in [-0.2, 0) is 4.79 Å². The molecule has 0 atom stereocenters. The van der Waals surface area contributed by atoms with Crippen LogP contribution in [0.25, 0.3) is 0 Å². The molecule has 1 aromatic rings. The number of nitrogens with zero attached hydrogens (tertiary/aromatic N) is 3. The molecule has 0 aromatic carbocycles. The first-order valence-corrected chi connectivity index (χ1v) is 6.81. The molecular weight excluding hydrogens is 260 g/mol. The summed E-state index contributed by atoms with van der Waals surface area (Å²) in [6.45, 7) is 2.81. The first-order valence-electron chi connectivity index (χ1n) is 6.81. The fourth-order valence-corrected chi connectivity index (χ4v) is 1.56. The SMILES string of the molecule is CCOc1nc(NC)nc(NCCC(=O)NC2CC2)n1. The molecule has 1 amide bonds. The standard InChI is InChI=1S/C12H20N6O2/c1-3-20-12-17-10(13-2)16-11(18-12)14-7-6-9(19)15-8-4-5-8/h8H,3-7H2,1-2H3,(H,15,19)(H2,13,14,16,17,18). The van der Waals surface area contributed by atoms with Crippen LogP contribution in [0.5, 0.6) is 6.01 Å². The van der Waals surface area contributed by atoms with Gasteiger partial charge in [0.05, 0.1) is 6.61 Å². The Bertz CT molecular complexity index is 463. The molecule has 1 fully saturated rings. The first-order chi connectivity index (χ1) is 9.71. The Labute approximate surface area is 117 Å². The average Bonchev–Trinajstić information content (AvgIpc) is 3.22. The number of rotatable bonds is 8. The minimum atomic E-state index is 0.0490. The highest BCUT2D eigenvalue weighted by atomic mass is 16.5. The van der Waals surface area contributed by atoms with Crippen LogP contribution in [0, 0.1) is 0 Å². The normalized spacial score (nSPS) is 13.7. The molecule has 3 N–H and O–H groups in total. The third-order valence-electron chi connectivity index (χ3n) is 2.69. The third kappa shape index (κ3) is 4.52. The van der Waals surface area contributed by atoms with Crippen molar-refractivity contribution in [2.24, 2.45) is 0 Å². The van der Waals surface area contributed by atoms with E-state index in [1.807, 2.05) is 6.92 Å². The Kier molecular flexibility index (Phi) is 4.91. The molecule has 0 spiro atoms. The number of carbonyl (C=O) groups is 1. The number of aromatic nitrogens is 3. The van der Waals surface area contributed by atoms with E-state index in [-0.39, 0.29) is 11.9 Å². The summed E-state index contributed by atoms with van der Waals surface area (Å²) in [4.78, 5) is 23.9. The van der Waals surface area contributed by atoms with Crippen molar-refractivity contribution in [2.75, 3.05) is 30.8 Å². The molecule has 1 aliphatic carbocycles. The van der Waals surface area contributed by atoms with Crippen molar-refractivity contribution in [3.63, 3.8) is 0 Å². The number of amides is 1. The largest absolute Gasteiger partial charge is 0.464 e. The maximum Gasteiger partial charge on any atom is 0.323 e. The number of nitrogens with one attached hydrogen (secondary N) is 3. The third-order valence-corrected chi connectivity index (χ3v) is 2.69. The fraction of sp³-hybridized carbons (Fsp3) is 0.667. The van der Waals surface area contributed by atoms with E-state index >= 15 is 0 Å². The molecule has 0 radical (unpaired) electrons. The van der Waals surface area contributed by atoms with Crippen molar-refractivity contribution < 1.29 is 9.53 Å². The second-order valence-electron chi connectivity index (χ2n) is 4.47. The van der Waals surface area contributed by atoms with E-state index in [0.29, 0.717) is 37.5 Å². The van der Waals surface area contributed by atoms with Crippen LogP contribution in [0.4, 0.5) is 11.9 Å². The van der Waals surface area contributed by atoms with Gasteiger partial charge in [-0.1, -0.05) is 0 Å². The van der Waals surface area contributed by atoms with Gasteiger partial charge in [0.2, 0.25) is 17.8 Å². The zero-order chi connectivity index (χ0) is 14.4. The van der Waals surface area contributed by atoms with Gasteiger partial charge < -0.3 is 20.7 Å². The van der Waals surface area contributed by atoms with E-state index in [1.54, 1.807) is 7.05 Å². The molecular formula is C12H20N6O2. The molecule has 0 bridgehead atoms. The zero-order valence-electron chi connectivity index (χ0n) is 11.8. The van der Waals surface area contributed by atoms with Crippen molar-refractivity contribution in [1.29, 1.82) is 0 Å². The molecule has 0 unspecified atom stereocenters. The molecule has 1 aromatic heterocycles. The summed E-state index contributed by atoms with van der Waals surface area (Å²) in [5.74, 6) is 0.869. The van der Waals surface area contributed by atoms with Crippen LogP contribution < -0.4 is 20.7 Å². The number of hydrogen-bond donors (Lipinski definition) is 3. The maximum atomic E-state index is 11.5. The Hall–Kier alpha value is -2.12. The van der Waals surface area contributed by atoms with Crippen LogP contribution >= 0.6 is 0 Å². The van der Waals surface area contributed by atoms with Gasteiger partial charge in [-0.25, -0.2) is 0 Å². The molecule has 1 aliphatic rings. The summed E-state index contributed by atoms with van der Waals surface area (Å²) >= 11 is 0. The van der Waals surface area contributed by atoms with Gasteiger partial charge in [-0.15, -0.1) is 0 Å². The Morgan fingerprint density at radius 3 is 2.70 bits per heavy atom. The Balaban J connectivity index is 1.83. The van der Waals surface area contributed by atoms with Crippen molar-refractivity contribution in [3.8, 4) is 6.01 Å². The maximum absolute atomic E-state index is 11.5. The van der Waals surface area contributed by atoms with Gasteiger partial charge in [-0.05, 0) is 19.8 Å². The average molecular weight is 280 g/mol. The van der Waals surface area contributed by atoms with Gasteiger partial charge in [-0.2, -0.15) is 15.0 Å². The topological polar surface area (TPSA) is 101 Å². The van der Waals surface area contributed by atoms with Crippen LogP contribution in [0.1, 0.15) is 26.2 Å². The lowest BCUT2D eigenvalue weighted by molar-refractivity contribution is -0.120. The van der Waals surface area contributed by atoms with Crippen LogP contribution in [0.3, 0.4) is 0 Å². The van der Waals surface area contributed by atoms with Crippen LogP contribution in [0.2, 0.25) is 0 Å². The summed E-state index contributed by atoms with van der Waals surface area (Å²) in [5.41, 5.74) is 0. The Morgan fingerprint density at radius 2 is 2.05 bits per heavy atom. The van der Waals surface area contributed by atoms with Gasteiger partial charge in [-0.3, -0.25) is 4.79 Å². The molecule has 1 heterocycles. The van der Waals surface area contributed by atoms with E-state index in [2.05, 4.69) is 30.9 Å². The monoisotopic (exact) mass is 280 g/mol. The molecule has 8 heteroatoms. The van der Waals surface area contributed by atoms with Crippen LogP contribution in [0.15, 0.2) is 0 Å². The van der Waals surface area contributed by atoms with E-state index < -0.39 is 0 Å². The van der Waals surface area contributed by atoms with E-state index in [1.165, 1.54) is 0 Å². The van der Waals surface area contributed by atoms with E-state index in [4.69, 9.17) is 4.74 Å². The minimum Gasteiger partial charge on any atom is -0.464 e. The highest BCUT2D eigenvalue weighted by Gasteiger charge is 2.22. The van der Waals surface area contributed by atoms with Gasteiger partial charge in [0.15, 0.2) is 0 Å². The summed E-state index contributed by atoms with van der Waals surface area (Å²) in [5, 5.41) is 8.76. The molecule has 0 saturated heterocycles. The van der Waals surface area contributed by atoms with E-state index in [0.717, 1.165) is 12.8 Å². The van der Waals surface area contributed by atoms with Crippen LogP contribution in [-0.4, -0.2) is 47.1 Å². The quantitative estimate of drug-likeness (QED) is 0.633. The summed E-state index contributed by atoms with van der Waals surface area (Å²) in [6.07, 6.45) is 2.58. The lowest BCUT2D eigenvalue weighted by Gasteiger charge is -2.08. The second kappa shape index (κ2) is 6.88.